The zero-order valence-corrected chi connectivity index (χ0v) is 10.9. The van der Waals surface area contributed by atoms with Gasteiger partial charge in [0.25, 0.3) is 0 Å². The molecule has 86 valence electrons. The Kier molecular flexibility index (Phi) is 2.12. The highest BCUT2D eigenvalue weighted by Gasteiger charge is 2.22. The van der Waals surface area contributed by atoms with Crippen molar-refractivity contribution in [1.82, 2.24) is 4.98 Å². The zero-order chi connectivity index (χ0) is 12.2. The van der Waals surface area contributed by atoms with Gasteiger partial charge in [-0.3, -0.25) is 4.98 Å². The molecule has 1 heterocycles. The third-order valence-electron chi connectivity index (χ3n) is 3.72. The lowest BCUT2D eigenvalue weighted by molar-refractivity contribution is 1.13. The van der Waals surface area contributed by atoms with Crippen LogP contribution in [0, 0.1) is 27.7 Å². The van der Waals surface area contributed by atoms with Crippen molar-refractivity contribution in [3.63, 3.8) is 0 Å². The molecule has 0 aliphatic heterocycles. The summed E-state index contributed by atoms with van der Waals surface area (Å²) in [4.78, 5) is 4.79. The molecular formula is C16H17N. The first kappa shape index (κ1) is 10.5. The fourth-order valence-electron chi connectivity index (χ4n) is 2.85. The van der Waals surface area contributed by atoms with Gasteiger partial charge in [-0.2, -0.15) is 0 Å². The van der Waals surface area contributed by atoms with E-state index < -0.39 is 0 Å². The molecule has 1 aromatic carbocycles. The van der Waals surface area contributed by atoms with Gasteiger partial charge in [-0.15, -0.1) is 0 Å². The smallest absolute Gasteiger partial charge is 0.0746 e. The highest BCUT2D eigenvalue weighted by molar-refractivity contribution is 5.77. The van der Waals surface area contributed by atoms with E-state index in [0.717, 1.165) is 12.1 Å². The van der Waals surface area contributed by atoms with Crippen molar-refractivity contribution in [3.8, 4) is 11.3 Å². The van der Waals surface area contributed by atoms with Crippen LogP contribution in [0.1, 0.15) is 33.5 Å². The van der Waals surface area contributed by atoms with Gasteiger partial charge >= 0.3 is 0 Å². The lowest BCUT2D eigenvalue weighted by Crippen LogP contribution is -1.93. The quantitative estimate of drug-likeness (QED) is 0.563. The van der Waals surface area contributed by atoms with Crippen molar-refractivity contribution in [2.24, 2.45) is 0 Å². The maximum atomic E-state index is 4.79. The summed E-state index contributed by atoms with van der Waals surface area (Å²) in [5.41, 5.74) is 10.6. The van der Waals surface area contributed by atoms with Crippen molar-refractivity contribution in [1.29, 1.82) is 0 Å². The predicted octanol–water partition coefficient (Wildman–Crippen LogP) is 3.89. The Bertz CT molecular complexity index is 624. The van der Waals surface area contributed by atoms with Crippen LogP contribution in [0.25, 0.3) is 11.3 Å². The standard InChI is InChI=1S/C16H17N/c1-9-5-11(3)15-13(6-9)8-14-7-10(2)12(4)17-16(14)15/h5-7H,8H2,1-4H3. The number of nitrogens with zero attached hydrogens (tertiary/aromatic N) is 1. The second-order valence-electron chi connectivity index (χ2n) is 5.19. The van der Waals surface area contributed by atoms with E-state index in [0.29, 0.717) is 0 Å². The number of hydrogen-bond donors (Lipinski definition) is 0. The third-order valence-corrected chi connectivity index (χ3v) is 3.72. The number of hydrogen-bond acceptors (Lipinski definition) is 1. The first-order valence-electron chi connectivity index (χ1n) is 6.14. The van der Waals surface area contributed by atoms with Gasteiger partial charge < -0.3 is 0 Å². The number of rotatable bonds is 0. The monoisotopic (exact) mass is 223 g/mol. The third kappa shape index (κ3) is 1.49. The van der Waals surface area contributed by atoms with E-state index >= 15 is 0 Å². The van der Waals surface area contributed by atoms with E-state index in [2.05, 4.69) is 45.9 Å². The highest BCUT2D eigenvalue weighted by atomic mass is 14.7. The topological polar surface area (TPSA) is 12.9 Å². The molecule has 1 aliphatic carbocycles. The number of aryl methyl sites for hydroxylation is 4. The molecule has 0 fully saturated rings. The van der Waals surface area contributed by atoms with Gasteiger partial charge in [-0.25, -0.2) is 0 Å². The van der Waals surface area contributed by atoms with Crippen LogP contribution in [0.15, 0.2) is 18.2 Å². The zero-order valence-electron chi connectivity index (χ0n) is 10.9. The molecule has 1 aliphatic rings. The molecule has 1 nitrogen and oxygen atoms in total. The van der Waals surface area contributed by atoms with Crippen LogP contribution < -0.4 is 0 Å². The lowest BCUT2D eigenvalue weighted by atomic mass is 10.0. The Morgan fingerprint density at radius 3 is 2.41 bits per heavy atom. The minimum atomic E-state index is 1.04. The number of aromatic nitrogens is 1. The van der Waals surface area contributed by atoms with E-state index in [1.54, 1.807) is 0 Å². The van der Waals surface area contributed by atoms with Crippen LogP contribution in [0.2, 0.25) is 0 Å². The predicted molar refractivity (Wildman–Crippen MR) is 71.4 cm³/mol. The molecule has 1 heteroatoms. The molecule has 17 heavy (non-hydrogen) atoms. The van der Waals surface area contributed by atoms with Crippen molar-refractivity contribution >= 4 is 0 Å². The fourth-order valence-corrected chi connectivity index (χ4v) is 2.85. The van der Waals surface area contributed by atoms with E-state index in [1.807, 2.05) is 0 Å². The van der Waals surface area contributed by atoms with E-state index in [-0.39, 0.29) is 0 Å². The van der Waals surface area contributed by atoms with Gasteiger partial charge in [0.05, 0.1) is 5.69 Å². The van der Waals surface area contributed by atoms with E-state index in [9.17, 15) is 0 Å². The largest absolute Gasteiger partial charge is 0.253 e. The Morgan fingerprint density at radius 2 is 1.65 bits per heavy atom. The molecule has 2 aromatic rings. The number of pyridine rings is 1. The summed E-state index contributed by atoms with van der Waals surface area (Å²) in [5, 5.41) is 0. The summed E-state index contributed by atoms with van der Waals surface area (Å²) in [7, 11) is 0. The fraction of sp³-hybridized carbons (Fsp3) is 0.312. The first-order chi connectivity index (χ1) is 8.06. The highest BCUT2D eigenvalue weighted by Crippen LogP contribution is 2.38. The molecule has 0 saturated carbocycles. The normalized spacial score (nSPS) is 12.5. The molecule has 0 bridgehead atoms. The summed E-state index contributed by atoms with van der Waals surface area (Å²) in [6.45, 7) is 8.60. The summed E-state index contributed by atoms with van der Waals surface area (Å²) >= 11 is 0. The molecule has 0 saturated heterocycles. The average Bonchev–Trinajstić information content (AvgIpc) is 2.56. The van der Waals surface area contributed by atoms with Crippen LogP contribution in [0.4, 0.5) is 0 Å². The van der Waals surface area contributed by atoms with Gasteiger partial charge in [-0.05, 0) is 49.9 Å². The average molecular weight is 223 g/mol. The van der Waals surface area contributed by atoms with Crippen LogP contribution in [0.5, 0.6) is 0 Å². The Hall–Kier alpha value is -1.63. The molecule has 0 radical (unpaired) electrons. The number of fused-ring (bicyclic) bond motifs is 3. The van der Waals surface area contributed by atoms with Crippen LogP contribution >= 0.6 is 0 Å². The second kappa shape index (κ2) is 3.43. The SMILES string of the molecule is Cc1cc(C)c2c(c1)Cc1cc(C)c(C)nc1-2. The van der Waals surface area contributed by atoms with Crippen LogP contribution in [0.3, 0.4) is 0 Å². The summed E-state index contributed by atoms with van der Waals surface area (Å²) in [5.74, 6) is 0. The Labute approximate surface area is 103 Å². The molecule has 0 spiro atoms. The van der Waals surface area contributed by atoms with Gasteiger partial charge in [0.2, 0.25) is 0 Å². The molecule has 0 atom stereocenters. The summed E-state index contributed by atoms with van der Waals surface area (Å²) < 4.78 is 0. The summed E-state index contributed by atoms with van der Waals surface area (Å²) in [6.07, 6.45) is 1.04. The number of benzene rings is 1. The molecule has 3 rings (SSSR count). The van der Waals surface area contributed by atoms with Crippen molar-refractivity contribution in [2.45, 2.75) is 34.1 Å². The first-order valence-corrected chi connectivity index (χ1v) is 6.14. The van der Waals surface area contributed by atoms with E-state index in [4.69, 9.17) is 4.98 Å². The van der Waals surface area contributed by atoms with Crippen molar-refractivity contribution in [2.75, 3.05) is 0 Å². The Morgan fingerprint density at radius 1 is 0.882 bits per heavy atom. The van der Waals surface area contributed by atoms with Crippen molar-refractivity contribution < 1.29 is 0 Å². The molecule has 0 unspecified atom stereocenters. The van der Waals surface area contributed by atoms with Gasteiger partial charge in [0, 0.05) is 17.7 Å². The van der Waals surface area contributed by atoms with Crippen LogP contribution in [-0.4, -0.2) is 4.98 Å². The minimum Gasteiger partial charge on any atom is -0.253 e. The van der Waals surface area contributed by atoms with Crippen molar-refractivity contribution in [3.05, 3.63) is 51.7 Å². The Balaban J connectivity index is 2.31. The minimum absolute atomic E-state index is 1.04. The summed E-state index contributed by atoms with van der Waals surface area (Å²) in [6, 6.07) is 6.85. The molecule has 0 N–H and O–H groups in total. The maximum absolute atomic E-state index is 4.79. The van der Waals surface area contributed by atoms with E-state index in [1.165, 1.54) is 39.1 Å². The second-order valence-corrected chi connectivity index (χ2v) is 5.19. The van der Waals surface area contributed by atoms with Gasteiger partial charge in [0.1, 0.15) is 0 Å². The molecule has 1 aromatic heterocycles. The van der Waals surface area contributed by atoms with Gasteiger partial charge in [-0.1, -0.05) is 23.8 Å². The maximum Gasteiger partial charge on any atom is 0.0746 e. The molecular weight excluding hydrogens is 206 g/mol. The molecule has 0 amide bonds. The van der Waals surface area contributed by atoms with Crippen LogP contribution in [-0.2, 0) is 6.42 Å². The lowest BCUT2D eigenvalue weighted by Gasteiger charge is -2.08. The van der Waals surface area contributed by atoms with Gasteiger partial charge in [0.15, 0.2) is 0 Å².